The van der Waals surface area contributed by atoms with Gasteiger partial charge in [-0.15, -0.1) is 0 Å². The van der Waals surface area contributed by atoms with Gasteiger partial charge in [-0.1, -0.05) is 23.7 Å². The van der Waals surface area contributed by atoms with E-state index in [1.807, 2.05) is 6.92 Å². The van der Waals surface area contributed by atoms with Crippen molar-refractivity contribution >= 4 is 35.2 Å². The second-order valence-electron chi connectivity index (χ2n) is 5.22. The Morgan fingerprint density at radius 1 is 1.08 bits per heavy atom. The molecule has 0 aliphatic rings. The highest BCUT2D eigenvalue weighted by Crippen LogP contribution is 2.32. The molecule has 132 valence electrons. The number of aromatic nitrogens is 2. The monoisotopic (exact) mass is 362 g/mol. The predicted octanol–water partition coefficient (Wildman–Crippen LogP) is 3.25. The highest BCUT2D eigenvalue weighted by molar-refractivity contribution is 6.30. The lowest BCUT2D eigenvalue weighted by Gasteiger charge is -2.16. The molecule has 2 amide bonds. The summed E-state index contributed by atoms with van der Waals surface area (Å²) in [7, 11) is 0. The van der Waals surface area contributed by atoms with Crippen molar-refractivity contribution in [1.82, 2.24) is 9.97 Å². The number of amides is 2. The number of hydrogen-bond acceptors (Lipinski definition) is 5. The van der Waals surface area contributed by atoms with Gasteiger partial charge in [-0.25, -0.2) is 4.98 Å². The predicted molar refractivity (Wildman–Crippen MR) is 96.4 cm³/mol. The van der Waals surface area contributed by atoms with Gasteiger partial charge in [0.2, 0.25) is 17.8 Å². The summed E-state index contributed by atoms with van der Waals surface area (Å²) < 4.78 is 5.48. The van der Waals surface area contributed by atoms with Gasteiger partial charge >= 0.3 is 0 Å². The lowest BCUT2D eigenvalue weighted by molar-refractivity contribution is -0.115. The lowest BCUT2D eigenvalue weighted by atomic mass is 10.0. The van der Waals surface area contributed by atoms with Crippen molar-refractivity contribution in [3.05, 3.63) is 35.0 Å². The molecule has 7 nitrogen and oxygen atoms in total. The van der Waals surface area contributed by atoms with Crippen LogP contribution in [-0.4, -0.2) is 28.4 Å². The van der Waals surface area contributed by atoms with Crippen LogP contribution in [0.4, 0.5) is 11.8 Å². The second kappa shape index (κ2) is 8.55. The Hall–Kier alpha value is -2.51. The molecule has 0 radical (unpaired) electrons. The Morgan fingerprint density at radius 2 is 1.72 bits per heavy atom. The molecule has 0 atom stereocenters. The SMILES string of the molecule is CCOCc1nc(NC(C)=O)nc(NC(C)=O)c1-c1ccc(Cl)cc1. The normalized spacial score (nSPS) is 10.4. The number of ether oxygens (including phenoxy) is 1. The maximum absolute atomic E-state index is 11.6. The number of carbonyl (C=O) groups is 2. The largest absolute Gasteiger partial charge is 0.375 e. The van der Waals surface area contributed by atoms with Gasteiger partial charge < -0.3 is 10.1 Å². The molecule has 1 aromatic heterocycles. The van der Waals surface area contributed by atoms with E-state index in [1.165, 1.54) is 13.8 Å². The Bertz CT molecular complexity index is 778. The molecule has 25 heavy (non-hydrogen) atoms. The van der Waals surface area contributed by atoms with Crippen LogP contribution in [0.3, 0.4) is 0 Å². The van der Waals surface area contributed by atoms with Crippen molar-refractivity contribution in [2.24, 2.45) is 0 Å². The number of hydrogen-bond donors (Lipinski definition) is 2. The minimum absolute atomic E-state index is 0.101. The first kappa shape index (κ1) is 18.8. The van der Waals surface area contributed by atoms with Gasteiger partial charge in [0.1, 0.15) is 5.82 Å². The van der Waals surface area contributed by atoms with E-state index in [0.717, 1.165) is 5.56 Å². The molecule has 0 fully saturated rings. The number of rotatable bonds is 6. The molecule has 1 heterocycles. The first-order chi connectivity index (χ1) is 11.9. The van der Waals surface area contributed by atoms with Crippen LogP contribution in [0.25, 0.3) is 11.1 Å². The van der Waals surface area contributed by atoms with Gasteiger partial charge in [-0.05, 0) is 24.6 Å². The molecule has 0 aliphatic carbocycles. The summed E-state index contributed by atoms with van der Waals surface area (Å²) in [5, 5.41) is 5.81. The maximum atomic E-state index is 11.6. The zero-order chi connectivity index (χ0) is 18.4. The van der Waals surface area contributed by atoms with Gasteiger partial charge in [0, 0.05) is 31.0 Å². The molecule has 2 N–H and O–H groups in total. The topological polar surface area (TPSA) is 93.2 Å². The van der Waals surface area contributed by atoms with Crippen LogP contribution >= 0.6 is 11.6 Å². The standard InChI is InChI=1S/C17H19ClN4O3/c1-4-25-9-14-15(12-5-7-13(18)8-6-12)16(19-10(2)23)22-17(21-14)20-11(3)24/h5-8H,4,9H2,1-3H3,(H2,19,20,21,22,23,24). The van der Waals surface area contributed by atoms with Gasteiger partial charge in [0.25, 0.3) is 0 Å². The van der Waals surface area contributed by atoms with Crippen LogP contribution in [0.5, 0.6) is 0 Å². The van der Waals surface area contributed by atoms with Gasteiger partial charge in [0.05, 0.1) is 12.3 Å². The summed E-state index contributed by atoms with van der Waals surface area (Å²) in [6.07, 6.45) is 0. The van der Waals surface area contributed by atoms with Gasteiger partial charge in [0.15, 0.2) is 0 Å². The second-order valence-corrected chi connectivity index (χ2v) is 5.66. The van der Waals surface area contributed by atoms with Gasteiger partial charge in [-0.2, -0.15) is 4.98 Å². The number of halogens is 1. The van der Waals surface area contributed by atoms with E-state index in [2.05, 4.69) is 20.6 Å². The van der Waals surface area contributed by atoms with Crippen LogP contribution in [0, 0.1) is 0 Å². The Labute approximate surface area is 150 Å². The number of nitrogens with one attached hydrogen (secondary N) is 2. The summed E-state index contributed by atoms with van der Waals surface area (Å²) in [6, 6.07) is 7.08. The van der Waals surface area contributed by atoms with Crippen LogP contribution in [-0.2, 0) is 20.9 Å². The Kier molecular flexibility index (Phi) is 6.44. The minimum Gasteiger partial charge on any atom is -0.375 e. The molecule has 8 heteroatoms. The molecule has 2 rings (SSSR count). The quantitative estimate of drug-likeness (QED) is 0.822. The van der Waals surface area contributed by atoms with Crippen molar-refractivity contribution in [3.63, 3.8) is 0 Å². The third-order valence-corrected chi connectivity index (χ3v) is 3.39. The minimum atomic E-state index is -0.310. The molecule has 1 aromatic carbocycles. The molecular weight excluding hydrogens is 344 g/mol. The third-order valence-electron chi connectivity index (χ3n) is 3.14. The van der Waals surface area contributed by atoms with Crippen LogP contribution in [0.15, 0.2) is 24.3 Å². The van der Waals surface area contributed by atoms with Crippen molar-refractivity contribution in [3.8, 4) is 11.1 Å². The molecule has 0 saturated carbocycles. The molecule has 0 bridgehead atoms. The Morgan fingerprint density at radius 3 is 2.28 bits per heavy atom. The summed E-state index contributed by atoms with van der Waals surface area (Å²) >= 11 is 5.96. The Balaban J connectivity index is 2.63. The highest BCUT2D eigenvalue weighted by atomic mass is 35.5. The fraction of sp³-hybridized carbons (Fsp3) is 0.294. The number of carbonyl (C=O) groups excluding carboxylic acids is 2. The number of benzene rings is 1. The third kappa shape index (κ3) is 5.23. The van der Waals surface area contributed by atoms with Crippen molar-refractivity contribution in [2.45, 2.75) is 27.4 Å². The van der Waals surface area contributed by atoms with Crippen LogP contribution < -0.4 is 10.6 Å². The van der Waals surface area contributed by atoms with E-state index in [9.17, 15) is 9.59 Å². The molecule has 2 aromatic rings. The summed E-state index contributed by atoms with van der Waals surface area (Å²) in [6.45, 7) is 5.31. The molecule has 0 unspecified atom stereocenters. The average Bonchev–Trinajstić information content (AvgIpc) is 2.53. The first-order valence-corrected chi connectivity index (χ1v) is 8.08. The summed E-state index contributed by atoms with van der Waals surface area (Å²) in [4.78, 5) is 31.6. The van der Waals surface area contributed by atoms with E-state index in [-0.39, 0.29) is 24.4 Å². The van der Waals surface area contributed by atoms with Crippen LogP contribution in [0.2, 0.25) is 5.02 Å². The van der Waals surface area contributed by atoms with Crippen molar-refractivity contribution in [2.75, 3.05) is 17.2 Å². The van der Waals surface area contributed by atoms with E-state index < -0.39 is 0 Å². The fourth-order valence-corrected chi connectivity index (χ4v) is 2.33. The average molecular weight is 363 g/mol. The zero-order valence-corrected chi connectivity index (χ0v) is 15.0. The van der Waals surface area contributed by atoms with Crippen molar-refractivity contribution < 1.29 is 14.3 Å². The van der Waals surface area contributed by atoms with E-state index in [0.29, 0.717) is 28.7 Å². The van der Waals surface area contributed by atoms with Crippen LogP contribution in [0.1, 0.15) is 26.5 Å². The zero-order valence-electron chi connectivity index (χ0n) is 14.2. The summed E-state index contributed by atoms with van der Waals surface area (Å²) in [5.74, 6) is -0.202. The van der Waals surface area contributed by atoms with Gasteiger partial charge in [-0.3, -0.25) is 14.9 Å². The fourth-order valence-electron chi connectivity index (χ4n) is 2.20. The smallest absolute Gasteiger partial charge is 0.231 e. The summed E-state index contributed by atoms with van der Waals surface area (Å²) in [5.41, 5.74) is 1.94. The van der Waals surface area contributed by atoms with E-state index in [4.69, 9.17) is 16.3 Å². The molecule has 0 saturated heterocycles. The lowest BCUT2D eigenvalue weighted by Crippen LogP contribution is -2.16. The molecule has 0 aliphatic heterocycles. The van der Waals surface area contributed by atoms with E-state index in [1.54, 1.807) is 24.3 Å². The molecular formula is C17H19ClN4O3. The first-order valence-electron chi connectivity index (χ1n) is 7.70. The maximum Gasteiger partial charge on any atom is 0.231 e. The number of nitrogens with zero attached hydrogens (tertiary/aromatic N) is 2. The number of anilines is 2. The molecule has 0 spiro atoms. The van der Waals surface area contributed by atoms with Crippen molar-refractivity contribution in [1.29, 1.82) is 0 Å². The highest BCUT2D eigenvalue weighted by Gasteiger charge is 2.18. The van der Waals surface area contributed by atoms with E-state index >= 15 is 0 Å².